The van der Waals surface area contributed by atoms with E-state index in [1.807, 2.05) is 55.5 Å². The number of sulfonamides is 1. The molecule has 0 aromatic heterocycles. The van der Waals surface area contributed by atoms with Crippen molar-refractivity contribution in [2.45, 2.75) is 31.1 Å². The first-order valence-corrected chi connectivity index (χ1v) is 9.33. The monoisotopic (exact) mass is 331 g/mol. The molecule has 0 bridgehead atoms. The second-order valence-corrected chi connectivity index (χ2v) is 7.75. The minimum absolute atomic E-state index is 0.0226. The molecule has 2 aromatic rings. The highest BCUT2D eigenvalue weighted by Gasteiger charge is 2.42. The molecule has 5 heteroatoms. The van der Waals surface area contributed by atoms with Crippen LogP contribution in [-0.2, 0) is 15.8 Å². The molecular weight excluding hydrogens is 310 g/mol. The van der Waals surface area contributed by atoms with Gasteiger partial charge in [-0.2, -0.15) is 0 Å². The van der Waals surface area contributed by atoms with Crippen molar-refractivity contribution in [2.75, 3.05) is 7.11 Å². The third-order valence-corrected chi connectivity index (χ3v) is 5.62. The molecule has 1 saturated carbocycles. The number of para-hydroxylation sites is 1. The predicted molar refractivity (Wildman–Crippen MR) is 91.1 cm³/mol. The van der Waals surface area contributed by atoms with Gasteiger partial charge in [-0.3, -0.25) is 0 Å². The average Bonchev–Trinajstić information content (AvgIpc) is 3.27. The van der Waals surface area contributed by atoms with E-state index in [1.165, 1.54) is 0 Å². The topological polar surface area (TPSA) is 55.4 Å². The first-order chi connectivity index (χ1) is 11.0. The van der Waals surface area contributed by atoms with Crippen LogP contribution in [-0.4, -0.2) is 21.6 Å². The van der Waals surface area contributed by atoms with Crippen LogP contribution in [0, 0.1) is 6.92 Å². The number of aryl methyl sites for hydroxylation is 1. The Bertz CT molecular complexity index is 801. The lowest BCUT2D eigenvalue weighted by Gasteiger charge is -2.10. The molecule has 0 spiro atoms. The minimum atomic E-state index is -3.35. The second kappa shape index (κ2) is 6.34. The van der Waals surface area contributed by atoms with Crippen LogP contribution < -0.4 is 9.46 Å². The van der Waals surface area contributed by atoms with Crippen LogP contribution in [0.25, 0.3) is 0 Å². The van der Waals surface area contributed by atoms with Crippen molar-refractivity contribution in [2.24, 2.45) is 0 Å². The van der Waals surface area contributed by atoms with Crippen molar-refractivity contribution in [1.82, 2.24) is 4.72 Å². The van der Waals surface area contributed by atoms with E-state index in [0.717, 1.165) is 28.9 Å². The summed E-state index contributed by atoms with van der Waals surface area (Å²) in [6.07, 6.45) is 0.813. The molecule has 0 aliphatic heterocycles. The van der Waals surface area contributed by atoms with E-state index >= 15 is 0 Å². The maximum Gasteiger partial charge on any atom is 0.216 e. The summed E-state index contributed by atoms with van der Waals surface area (Å²) >= 11 is 0. The fourth-order valence-corrected chi connectivity index (χ4v) is 4.43. The zero-order chi connectivity index (χ0) is 16.4. The van der Waals surface area contributed by atoms with Gasteiger partial charge in [0.05, 0.1) is 12.9 Å². The SMILES string of the molecule is COc1ccccc1[C@@H]1C[C@@H]1NS(=O)(=O)Cc1ccccc1C. The molecule has 0 radical (unpaired) electrons. The van der Waals surface area contributed by atoms with Gasteiger partial charge in [0.15, 0.2) is 0 Å². The Morgan fingerprint density at radius 1 is 1.13 bits per heavy atom. The molecule has 3 rings (SSSR count). The number of benzene rings is 2. The Hall–Kier alpha value is -1.85. The van der Waals surface area contributed by atoms with Gasteiger partial charge in [0.25, 0.3) is 0 Å². The molecule has 2 atom stereocenters. The number of ether oxygens (including phenoxy) is 1. The van der Waals surface area contributed by atoms with E-state index in [9.17, 15) is 8.42 Å². The van der Waals surface area contributed by atoms with Crippen molar-refractivity contribution >= 4 is 10.0 Å². The first kappa shape index (κ1) is 16.0. The zero-order valence-electron chi connectivity index (χ0n) is 13.3. The van der Waals surface area contributed by atoms with Gasteiger partial charge in [0, 0.05) is 12.0 Å². The zero-order valence-corrected chi connectivity index (χ0v) is 14.1. The summed E-state index contributed by atoms with van der Waals surface area (Å²) in [7, 11) is -1.71. The van der Waals surface area contributed by atoms with E-state index in [2.05, 4.69) is 4.72 Å². The largest absolute Gasteiger partial charge is 0.496 e. The standard InChI is InChI=1S/C18H21NO3S/c1-13-7-3-4-8-14(13)12-23(20,21)19-17-11-16(17)15-9-5-6-10-18(15)22-2/h3-10,16-17,19H,11-12H2,1-2H3/t16-,17-/m0/s1. The van der Waals surface area contributed by atoms with Crippen molar-refractivity contribution in [3.05, 3.63) is 65.2 Å². The van der Waals surface area contributed by atoms with Crippen LogP contribution in [0.2, 0.25) is 0 Å². The van der Waals surface area contributed by atoms with Gasteiger partial charge in [0.1, 0.15) is 5.75 Å². The molecule has 0 saturated heterocycles. The summed E-state index contributed by atoms with van der Waals surface area (Å²) in [5, 5.41) is 0. The lowest BCUT2D eigenvalue weighted by Crippen LogP contribution is -2.28. The Morgan fingerprint density at radius 2 is 1.83 bits per heavy atom. The molecule has 0 amide bonds. The molecular formula is C18H21NO3S. The lowest BCUT2D eigenvalue weighted by molar-refractivity contribution is 0.409. The molecule has 1 aliphatic carbocycles. The Morgan fingerprint density at radius 3 is 2.57 bits per heavy atom. The Balaban J connectivity index is 1.68. The van der Waals surface area contributed by atoms with Crippen molar-refractivity contribution in [3.8, 4) is 5.75 Å². The average molecular weight is 331 g/mol. The van der Waals surface area contributed by atoms with Crippen LogP contribution in [0.1, 0.15) is 29.0 Å². The molecule has 0 unspecified atom stereocenters. The van der Waals surface area contributed by atoms with Gasteiger partial charge in [-0.05, 0) is 36.1 Å². The quantitative estimate of drug-likeness (QED) is 0.885. The van der Waals surface area contributed by atoms with E-state index < -0.39 is 10.0 Å². The summed E-state index contributed by atoms with van der Waals surface area (Å²) in [6.45, 7) is 1.93. The highest BCUT2D eigenvalue weighted by atomic mass is 32.2. The predicted octanol–water partition coefficient (Wildman–Crippen LogP) is 2.98. The van der Waals surface area contributed by atoms with E-state index in [0.29, 0.717) is 0 Å². The van der Waals surface area contributed by atoms with Crippen LogP contribution in [0.3, 0.4) is 0 Å². The molecule has 0 heterocycles. The second-order valence-electron chi connectivity index (χ2n) is 5.99. The molecule has 1 N–H and O–H groups in total. The van der Waals surface area contributed by atoms with Crippen LogP contribution >= 0.6 is 0 Å². The van der Waals surface area contributed by atoms with Crippen molar-refractivity contribution in [1.29, 1.82) is 0 Å². The maximum absolute atomic E-state index is 12.4. The number of nitrogens with one attached hydrogen (secondary N) is 1. The number of methoxy groups -OCH3 is 1. The Labute approximate surface area is 137 Å². The molecule has 23 heavy (non-hydrogen) atoms. The summed E-state index contributed by atoms with van der Waals surface area (Å²) in [5.74, 6) is 1.03. The smallest absolute Gasteiger partial charge is 0.216 e. The number of hydrogen-bond donors (Lipinski definition) is 1. The van der Waals surface area contributed by atoms with Gasteiger partial charge in [-0.1, -0.05) is 42.5 Å². The Kier molecular flexibility index (Phi) is 4.41. The normalized spacial score (nSPS) is 20.3. The molecule has 2 aromatic carbocycles. The van der Waals surface area contributed by atoms with Gasteiger partial charge >= 0.3 is 0 Å². The molecule has 122 valence electrons. The number of hydrogen-bond acceptors (Lipinski definition) is 3. The fourth-order valence-electron chi connectivity index (χ4n) is 2.89. The lowest BCUT2D eigenvalue weighted by atomic mass is 10.1. The molecule has 1 aliphatic rings. The van der Waals surface area contributed by atoms with E-state index in [-0.39, 0.29) is 17.7 Å². The molecule has 1 fully saturated rings. The highest BCUT2D eigenvalue weighted by molar-refractivity contribution is 7.88. The van der Waals surface area contributed by atoms with E-state index in [1.54, 1.807) is 7.11 Å². The van der Waals surface area contributed by atoms with Crippen LogP contribution in [0.4, 0.5) is 0 Å². The minimum Gasteiger partial charge on any atom is -0.496 e. The summed E-state index contributed by atoms with van der Waals surface area (Å²) < 4.78 is 33.0. The first-order valence-electron chi connectivity index (χ1n) is 7.67. The van der Waals surface area contributed by atoms with Crippen LogP contribution in [0.5, 0.6) is 5.75 Å². The van der Waals surface area contributed by atoms with Gasteiger partial charge in [-0.25, -0.2) is 13.1 Å². The van der Waals surface area contributed by atoms with Gasteiger partial charge in [-0.15, -0.1) is 0 Å². The van der Waals surface area contributed by atoms with Crippen molar-refractivity contribution < 1.29 is 13.2 Å². The summed E-state index contributed by atoms with van der Waals surface area (Å²) in [6, 6.07) is 15.3. The highest BCUT2D eigenvalue weighted by Crippen LogP contribution is 2.45. The number of rotatable bonds is 6. The third kappa shape index (κ3) is 3.74. The summed E-state index contributed by atoms with van der Waals surface area (Å²) in [5.41, 5.74) is 2.91. The van der Waals surface area contributed by atoms with E-state index in [4.69, 9.17) is 4.74 Å². The fraction of sp³-hybridized carbons (Fsp3) is 0.333. The summed E-state index contributed by atoms with van der Waals surface area (Å²) in [4.78, 5) is 0. The van der Waals surface area contributed by atoms with Gasteiger partial charge < -0.3 is 4.74 Å². The maximum atomic E-state index is 12.4. The van der Waals surface area contributed by atoms with Gasteiger partial charge in [0.2, 0.25) is 10.0 Å². The van der Waals surface area contributed by atoms with Crippen LogP contribution in [0.15, 0.2) is 48.5 Å². The third-order valence-electron chi connectivity index (χ3n) is 4.27. The van der Waals surface area contributed by atoms with Crippen molar-refractivity contribution in [3.63, 3.8) is 0 Å². The molecule has 4 nitrogen and oxygen atoms in total.